The SMILES string of the molecule is CCOC(=O)C(C)(C(OS(C)(=O)=O)C(C)C)[P+](C)=O. The van der Waals surface area contributed by atoms with Crippen molar-refractivity contribution < 1.29 is 26.7 Å². The molecule has 0 aliphatic heterocycles. The van der Waals surface area contributed by atoms with Crippen molar-refractivity contribution in [2.45, 2.75) is 39.0 Å². The van der Waals surface area contributed by atoms with E-state index in [1.807, 2.05) is 0 Å². The number of rotatable bonds is 7. The van der Waals surface area contributed by atoms with Crippen LogP contribution in [0.4, 0.5) is 0 Å². The Morgan fingerprint density at radius 3 is 2.11 bits per heavy atom. The maximum Gasteiger partial charge on any atom is 0.363 e. The fourth-order valence-corrected chi connectivity index (χ4v) is 3.64. The molecule has 0 aliphatic carbocycles. The van der Waals surface area contributed by atoms with Crippen molar-refractivity contribution in [3.05, 3.63) is 0 Å². The topological polar surface area (TPSA) is 86.7 Å². The first kappa shape index (κ1) is 18.5. The molecule has 6 nitrogen and oxygen atoms in total. The Kier molecular flexibility index (Phi) is 6.59. The van der Waals surface area contributed by atoms with E-state index in [-0.39, 0.29) is 12.5 Å². The highest BCUT2D eigenvalue weighted by molar-refractivity contribution is 7.86. The quantitative estimate of drug-likeness (QED) is 0.404. The van der Waals surface area contributed by atoms with Gasteiger partial charge in [-0.3, -0.25) is 4.18 Å². The third-order valence-corrected chi connectivity index (χ3v) is 5.08. The molecule has 0 spiro atoms. The molecule has 0 heterocycles. The van der Waals surface area contributed by atoms with Gasteiger partial charge in [0.1, 0.15) is 12.8 Å². The van der Waals surface area contributed by atoms with Crippen molar-refractivity contribution in [3.8, 4) is 0 Å². The minimum atomic E-state index is -3.77. The molecule has 0 amide bonds. The first-order valence-corrected chi connectivity index (χ1v) is 9.45. The Hall–Kier alpha value is -0.520. The highest BCUT2D eigenvalue weighted by Crippen LogP contribution is 2.43. The summed E-state index contributed by atoms with van der Waals surface area (Å²) in [5.74, 6) is -1.02. The van der Waals surface area contributed by atoms with Crippen LogP contribution in [0.2, 0.25) is 0 Å². The summed E-state index contributed by atoms with van der Waals surface area (Å²) in [7, 11) is -5.81. The summed E-state index contributed by atoms with van der Waals surface area (Å²) in [4.78, 5) is 12.1. The van der Waals surface area contributed by atoms with Crippen molar-refractivity contribution in [1.29, 1.82) is 0 Å². The average Bonchev–Trinajstić information content (AvgIpc) is 2.23. The van der Waals surface area contributed by atoms with Gasteiger partial charge in [0.2, 0.25) is 0 Å². The molecule has 0 saturated carbocycles. The molecule has 0 rings (SSSR count). The van der Waals surface area contributed by atoms with Gasteiger partial charge in [-0.1, -0.05) is 18.4 Å². The molecule has 0 radical (unpaired) electrons. The zero-order chi connectivity index (χ0) is 15.4. The molecule has 0 aliphatic rings. The van der Waals surface area contributed by atoms with Crippen LogP contribution in [0.1, 0.15) is 27.7 Å². The van der Waals surface area contributed by atoms with E-state index in [1.54, 1.807) is 20.8 Å². The fraction of sp³-hybridized carbons (Fsp3) is 0.909. The van der Waals surface area contributed by atoms with Crippen molar-refractivity contribution >= 4 is 23.9 Å². The van der Waals surface area contributed by atoms with Crippen LogP contribution in [0.5, 0.6) is 0 Å². The lowest BCUT2D eigenvalue weighted by atomic mass is 9.94. The minimum absolute atomic E-state index is 0.126. The fourth-order valence-electron chi connectivity index (χ4n) is 1.74. The Morgan fingerprint density at radius 1 is 1.37 bits per heavy atom. The number of hydrogen-bond donors (Lipinski definition) is 0. The van der Waals surface area contributed by atoms with E-state index >= 15 is 0 Å². The van der Waals surface area contributed by atoms with Gasteiger partial charge in [-0.2, -0.15) is 8.42 Å². The van der Waals surface area contributed by atoms with Crippen molar-refractivity contribution in [3.63, 3.8) is 0 Å². The van der Waals surface area contributed by atoms with E-state index in [4.69, 9.17) is 8.92 Å². The highest BCUT2D eigenvalue weighted by Gasteiger charge is 2.59. The average molecular weight is 313 g/mol. The second-order valence-electron chi connectivity index (χ2n) is 4.83. The molecule has 0 fully saturated rings. The maximum absolute atomic E-state index is 12.1. The summed E-state index contributed by atoms with van der Waals surface area (Å²) < 4.78 is 44.5. The lowest BCUT2D eigenvalue weighted by Crippen LogP contribution is -2.49. The van der Waals surface area contributed by atoms with Gasteiger partial charge < -0.3 is 4.74 Å². The van der Waals surface area contributed by atoms with Crippen LogP contribution in [-0.4, -0.2) is 45.2 Å². The molecule has 19 heavy (non-hydrogen) atoms. The van der Waals surface area contributed by atoms with Crippen LogP contribution in [0.25, 0.3) is 0 Å². The highest BCUT2D eigenvalue weighted by atomic mass is 32.2. The van der Waals surface area contributed by atoms with E-state index < -0.39 is 35.1 Å². The van der Waals surface area contributed by atoms with Crippen molar-refractivity contribution in [2.24, 2.45) is 5.92 Å². The van der Waals surface area contributed by atoms with Gasteiger partial charge in [0.05, 0.1) is 12.9 Å². The van der Waals surface area contributed by atoms with E-state index in [0.717, 1.165) is 6.26 Å². The van der Waals surface area contributed by atoms with E-state index in [1.165, 1.54) is 13.6 Å². The first-order chi connectivity index (χ1) is 8.46. The third kappa shape index (κ3) is 4.82. The van der Waals surface area contributed by atoms with E-state index in [2.05, 4.69) is 0 Å². The van der Waals surface area contributed by atoms with Gasteiger partial charge in [-0.05, 0) is 19.8 Å². The van der Waals surface area contributed by atoms with Crippen LogP contribution in [-0.2, 0) is 28.4 Å². The molecule has 0 aromatic heterocycles. The van der Waals surface area contributed by atoms with Gasteiger partial charge in [0, 0.05) is 0 Å². The molecular formula is C11H22O6PS+. The Bertz CT molecular complexity index is 444. The summed E-state index contributed by atoms with van der Waals surface area (Å²) in [6.45, 7) is 7.94. The minimum Gasteiger partial charge on any atom is -0.462 e. The lowest BCUT2D eigenvalue weighted by Gasteiger charge is -2.28. The van der Waals surface area contributed by atoms with Gasteiger partial charge in [-0.25, -0.2) is 4.79 Å². The number of carbonyl (C=O) groups excluding carboxylic acids is 1. The number of esters is 1. The molecule has 0 aromatic rings. The predicted molar refractivity (Wildman–Crippen MR) is 73.1 cm³/mol. The van der Waals surface area contributed by atoms with Gasteiger partial charge in [0.15, 0.2) is 0 Å². The largest absolute Gasteiger partial charge is 0.462 e. The summed E-state index contributed by atoms with van der Waals surface area (Å²) >= 11 is 0. The smallest absolute Gasteiger partial charge is 0.363 e. The molecule has 0 saturated heterocycles. The zero-order valence-electron chi connectivity index (χ0n) is 12.2. The standard InChI is InChI=1S/C11H22O6PS/c1-7-16-10(12)11(4,18(5)13)9(8(2)3)17-19(6,14)15/h8-9H,7H2,1-6H3/q+1. The third-order valence-electron chi connectivity index (χ3n) is 2.78. The summed E-state index contributed by atoms with van der Waals surface area (Å²) in [6, 6.07) is 0. The number of hydrogen-bond acceptors (Lipinski definition) is 6. The lowest BCUT2D eigenvalue weighted by molar-refractivity contribution is -0.149. The molecular weight excluding hydrogens is 291 g/mol. The summed E-state index contributed by atoms with van der Waals surface area (Å²) in [5.41, 5.74) is 0. The molecule has 0 aromatic carbocycles. The van der Waals surface area contributed by atoms with Crippen molar-refractivity contribution in [1.82, 2.24) is 0 Å². The van der Waals surface area contributed by atoms with Crippen LogP contribution >= 0.6 is 7.80 Å². The Balaban J connectivity index is 5.66. The molecule has 3 atom stereocenters. The van der Waals surface area contributed by atoms with E-state index in [9.17, 15) is 17.8 Å². The van der Waals surface area contributed by atoms with Crippen LogP contribution in [0.3, 0.4) is 0 Å². The zero-order valence-corrected chi connectivity index (χ0v) is 13.9. The van der Waals surface area contributed by atoms with E-state index in [0.29, 0.717) is 0 Å². The van der Waals surface area contributed by atoms with Gasteiger partial charge in [-0.15, -0.1) is 0 Å². The summed E-state index contributed by atoms with van der Waals surface area (Å²) in [6.07, 6.45) is -0.133. The van der Waals surface area contributed by atoms with Gasteiger partial charge in [0.25, 0.3) is 15.3 Å². The number of ether oxygens (including phenoxy) is 1. The predicted octanol–water partition coefficient (Wildman–Crippen LogP) is 1.77. The molecule has 112 valence electrons. The number of carbonyl (C=O) groups is 1. The molecule has 3 unspecified atom stereocenters. The maximum atomic E-state index is 12.1. The molecule has 0 bridgehead atoms. The van der Waals surface area contributed by atoms with Gasteiger partial charge >= 0.3 is 13.8 Å². The Morgan fingerprint density at radius 2 is 1.84 bits per heavy atom. The normalized spacial score (nSPS) is 17.7. The van der Waals surface area contributed by atoms with Crippen LogP contribution < -0.4 is 0 Å². The Labute approximate surface area is 115 Å². The first-order valence-electron chi connectivity index (χ1n) is 5.93. The second-order valence-corrected chi connectivity index (χ2v) is 8.36. The van der Waals surface area contributed by atoms with Crippen LogP contribution in [0, 0.1) is 5.92 Å². The monoisotopic (exact) mass is 313 g/mol. The van der Waals surface area contributed by atoms with Crippen molar-refractivity contribution in [2.75, 3.05) is 19.5 Å². The molecule has 0 N–H and O–H groups in total. The molecule has 8 heteroatoms. The second kappa shape index (κ2) is 6.77. The summed E-state index contributed by atoms with van der Waals surface area (Å²) in [5, 5.41) is -1.50. The van der Waals surface area contributed by atoms with Crippen LogP contribution in [0.15, 0.2) is 0 Å².